The lowest BCUT2D eigenvalue weighted by Crippen LogP contribution is -2.43. The van der Waals surface area contributed by atoms with Gasteiger partial charge in [-0.05, 0) is 49.6 Å². The van der Waals surface area contributed by atoms with Crippen LogP contribution in [0.25, 0.3) is 32.9 Å². The van der Waals surface area contributed by atoms with E-state index in [0.29, 0.717) is 46.1 Å². The molecular weight excluding hydrogens is 700 g/mol. The van der Waals surface area contributed by atoms with Crippen molar-refractivity contribution in [3.63, 3.8) is 0 Å². The first-order chi connectivity index (χ1) is 23.6. The molecule has 2 bridgehead atoms. The van der Waals surface area contributed by atoms with Crippen LogP contribution in [0, 0.1) is 23.1 Å². The lowest BCUT2D eigenvalue weighted by molar-refractivity contribution is 0.101. The average molecular weight is 739 g/mol. The van der Waals surface area contributed by atoms with Crippen molar-refractivity contribution >= 4 is 71.1 Å². The smallest absolute Gasteiger partial charge is 0.407 e. The van der Waals surface area contributed by atoms with Gasteiger partial charge in [-0.1, -0.05) is 55.0 Å². The molecule has 2 aliphatic heterocycles. The van der Waals surface area contributed by atoms with Crippen molar-refractivity contribution in [3.05, 3.63) is 63.1 Å². The molecular formula is C36H38Cl2FN5O5Si. The van der Waals surface area contributed by atoms with Gasteiger partial charge in [0.05, 0.1) is 46.4 Å². The number of amides is 2. The van der Waals surface area contributed by atoms with Crippen molar-refractivity contribution in [1.82, 2.24) is 19.8 Å². The van der Waals surface area contributed by atoms with Gasteiger partial charge in [0.2, 0.25) is 0 Å². The zero-order chi connectivity index (χ0) is 36.2. The molecule has 2 aromatic carbocycles. The summed E-state index contributed by atoms with van der Waals surface area (Å²) >= 11 is 12.9. The molecule has 1 aliphatic carbocycles. The maximum atomic E-state index is 17.1. The fourth-order valence-corrected chi connectivity index (χ4v) is 8.50. The molecule has 4 atom stereocenters. The summed E-state index contributed by atoms with van der Waals surface area (Å²) < 4.78 is 24.6. The second-order valence-corrected chi connectivity index (χ2v) is 20.8. The molecule has 14 heteroatoms. The Kier molecular flexibility index (Phi) is 9.63. The summed E-state index contributed by atoms with van der Waals surface area (Å²) in [6, 6.07) is 10.0. The van der Waals surface area contributed by atoms with E-state index in [1.807, 2.05) is 4.57 Å². The summed E-state index contributed by atoms with van der Waals surface area (Å²) in [6.07, 6.45) is -0.699. The number of halogens is 3. The third-order valence-corrected chi connectivity index (χ3v) is 12.4. The van der Waals surface area contributed by atoms with Crippen LogP contribution in [-0.2, 0) is 11.2 Å². The van der Waals surface area contributed by atoms with E-state index >= 15 is 4.39 Å². The zero-order valence-electron chi connectivity index (χ0n) is 28.4. The molecule has 1 saturated carbocycles. The number of rotatable bonds is 10. The SMILES string of the molecule is CC(=O)c1nc2c(F)c(-c3cccc(Cl)c3Cl)c(CCC#N)cc2c2c1cc([C@@H](C)NC(=O)OCC[Si](C)(C)C)n2[C@H]1[C@@H]2C[C@H]1N(C(=O)O)C2. The normalized spacial score (nSPS) is 18.9. The number of alkyl carbamates (subject to hydrolysis) is 1. The number of fused-ring (bicyclic) bond motifs is 4. The second-order valence-electron chi connectivity index (χ2n) is 14.4. The first-order valence-electron chi connectivity index (χ1n) is 16.6. The van der Waals surface area contributed by atoms with Gasteiger partial charge in [-0.2, -0.15) is 5.26 Å². The molecule has 0 unspecified atom stereocenters. The number of ketones is 1. The molecule has 3 fully saturated rings. The first-order valence-corrected chi connectivity index (χ1v) is 21.0. The largest absolute Gasteiger partial charge is 0.465 e. The maximum absolute atomic E-state index is 17.1. The summed E-state index contributed by atoms with van der Waals surface area (Å²) in [6.45, 7) is 10.3. The highest BCUT2D eigenvalue weighted by molar-refractivity contribution is 6.76. The number of aryl methyl sites for hydroxylation is 1. The fourth-order valence-electron chi connectivity index (χ4n) is 7.39. The van der Waals surface area contributed by atoms with Gasteiger partial charge in [0.15, 0.2) is 11.6 Å². The van der Waals surface area contributed by atoms with Crippen LogP contribution in [0.4, 0.5) is 14.0 Å². The Morgan fingerprint density at radius 3 is 2.60 bits per heavy atom. The van der Waals surface area contributed by atoms with Gasteiger partial charge in [-0.25, -0.2) is 19.0 Å². The van der Waals surface area contributed by atoms with Gasteiger partial charge in [-0.3, -0.25) is 4.79 Å². The van der Waals surface area contributed by atoms with Gasteiger partial charge < -0.3 is 24.6 Å². The number of nitrogens with one attached hydrogen (secondary N) is 1. The highest BCUT2D eigenvalue weighted by Gasteiger charge is 2.56. The van der Waals surface area contributed by atoms with Crippen LogP contribution in [-0.4, -0.2) is 64.8 Å². The number of benzene rings is 2. The molecule has 262 valence electrons. The summed E-state index contributed by atoms with van der Waals surface area (Å²) in [5.41, 5.74) is 2.02. The Morgan fingerprint density at radius 2 is 1.96 bits per heavy atom. The topological polar surface area (TPSA) is 138 Å². The van der Waals surface area contributed by atoms with Gasteiger partial charge in [-0.15, -0.1) is 0 Å². The summed E-state index contributed by atoms with van der Waals surface area (Å²) in [7, 11) is -1.45. The highest BCUT2D eigenvalue weighted by Crippen LogP contribution is 2.53. The van der Waals surface area contributed by atoms with E-state index in [2.05, 4.69) is 36.0 Å². The standard InChI is InChI=1S/C36H38Cl2FN5O5Si/c1-18(41-35(46)49-12-13-50(3,4)5)26-16-24-31(19(2)45)42-32-23(34(24)44(26)33-21-15-27(33)43(17-21)36(47)48)14-20(8-7-11-40)28(30(32)39)22-9-6-10-25(37)29(22)38/h6,9-10,14,16,18,21,27,33H,7-8,12-13,15,17H2,1-5H3,(H,41,46)(H,47,48)/t18-,21-,27-,33+/m1/s1. The number of hydrogen-bond donors (Lipinski definition) is 2. The van der Waals surface area contributed by atoms with Crippen LogP contribution in [0.2, 0.25) is 35.7 Å². The number of hydrogen-bond acceptors (Lipinski definition) is 6. The molecule has 7 rings (SSSR count). The van der Waals surface area contributed by atoms with E-state index in [0.717, 1.165) is 6.04 Å². The van der Waals surface area contributed by atoms with Crippen LogP contribution >= 0.6 is 23.2 Å². The molecule has 2 amide bonds. The fraction of sp³-hybridized carbons (Fsp3) is 0.417. The Hall–Kier alpha value is -4.18. The van der Waals surface area contributed by atoms with E-state index in [4.69, 9.17) is 27.9 Å². The highest BCUT2D eigenvalue weighted by atomic mass is 35.5. The van der Waals surface area contributed by atoms with E-state index in [-0.39, 0.29) is 64.3 Å². The quantitative estimate of drug-likeness (QED) is 0.122. The first kappa shape index (κ1) is 35.6. The number of ether oxygens (including phenoxy) is 1. The maximum Gasteiger partial charge on any atom is 0.407 e. The van der Waals surface area contributed by atoms with Gasteiger partial charge >= 0.3 is 12.2 Å². The van der Waals surface area contributed by atoms with Crippen LogP contribution < -0.4 is 5.32 Å². The van der Waals surface area contributed by atoms with Gasteiger partial charge in [0.1, 0.15) is 11.2 Å². The van der Waals surface area contributed by atoms with Crippen LogP contribution in [0.15, 0.2) is 30.3 Å². The number of pyridine rings is 1. The number of nitrogens with zero attached hydrogens (tertiary/aromatic N) is 4. The van der Waals surface area contributed by atoms with Crippen LogP contribution in [0.3, 0.4) is 0 Å². The Labute approximate surface area is 300 Å². The Balaban J connectivity index is 1.61. The Bertz CT molecular complexity index is 2110. The monoisotopic (exact) mass is 737 g/mol. The zero-order valence-corrected chi connectivity index (χ0v) is 31.0. The third-order valence-electron chi connectivity index (χ3n) is 9.84. The molecule has 2 saturated heterocycles. The molecule has 2 N–H and O–H groups in total. The molecule has 4 aromatic rings. The van der Waals surface area contributed by atoms with E-state index < -0.39 is 37.9 Å². The van der Waals surface area contributed by atoms with E-state index in [9.17, 15) is 24.8 Å². The summed E-state index contributed by atoms with van der Waals surface area (Å²) in [4.78, 5) is 44.5. The minimum absolute atomic E-state index is 0.0333. The minimum Gasteiger partial charge on any atom is -0.465 e. The molecule has 10 nitrogen and oxygen atoms in total. The van der Waals surface area contributed by atoms with E-state index in [1.54, 1.807) is 37.3 Å². The van der Waals surface area contributed by atoms with Gasteiger partial charge in [0.25, 0.3) is 0 Å². The van der Waals surface area contributed by atoms with Gasteiger partial charge in [0, 0.05) is 61.5 Å². The predicted molar refractivity (Wildman–Crippen MR) is 193 cm³/mol. The predicted octanol–water partition coefficient (Wildman–Crippen LogP) is 9.01. The number of aromatic nitrogens is 2. The Morgan fingerprint density at radius 1 is 1.22 bits per heavy atom. The number of Topliss-reactive ketones (excluding diaryl/α,β-unsaturated/α-hetero) is 1. The summed E-state index contributed by atoms with van der Waals surface area (Å²) in [5, 5.41) is 23.6. The summed E-state index contributed by atoms with van der Waals surface area (Å²) in [5.74, 6) is -1.16. The minimum atomic E-state index is -1.45. The second kappa shape index (κ2) is 13.5. The van der Waals surface area contributed by atoms with Crippen LogP contribution in [0.5, 0.6) is 0 Å². The van der Waals surface area contributed by atoms with Crippen molar-refractivity contribution in [2.45, 2.75) is 76.9 Å². The lowest BCUT2D eigenvalue weighted by Gasteiger charge is -2.39. The average Bonchev–Trinajstić information content (AvgIpc) is 3.74. The molecule has 50 heavy (non-hydrogen) atoms. The van der Waals surface area contributed by atoms with Crippen molar-refractivity contribution in [2.24, 2.45) is 5.92 Å². The van der Waals surface area contributed by atoms with Crippen LogP contribution in [0.1, 0.15) is 60.5 Å². The molecule has 3 aliphatic rings. The number of carbonyl (C=O) groups is 3. The lowest BCUT2D eigenvalue weighted by atomic mass is 9.79. The van der Waals surface area contributed by atoms with E-state index in [1.165, 1.54) is 11.8 Å². The van der Waals surface area contributed by atoms with Crippen molar-refractivity contribution in [1.29, 1.82) is 5.26 Å². The number of carbonyl (C=O) groups excluding carboxylic acids is 2. The van der Waals surface area contributed by atoms with Crippen molar-refractivity contribution < 1.29 is 28.6 Å². The molecule has 0 spiro atoms. The molecule has 2 aromatic heterocycles. The number of carboxylic acid groups (broad SMARTS) is 1. The molecule has 4 heterocycles. The van der Waals surface area contributed by atoms with Crippen molar-refractivity contribution in [3.8, 4) is 17.2 Å². The van der Waals surface area contributed by atoms with Crippen molar-refractivity contribution in [2.75, 3.05) is 13.2 Å². The number of nitriles is 1. The third kappa shape index (κ3) is 6.31. The molecule has 0 radical (unpaired) electrons.